The number of benzene rings is 3. The van der Waals surface area contributed by atoms with Crippen LogP contribution in [-0.4, -0.2) is 51.7 Å². The highest BCUT2D eigenvalue weighted by Gasteiger charge is 2.20. The second kappa shape index (κ2) is 9.94. The van der Waals surface area contributed by atoms with Crippen molar-refractivity contribution in [2.24, 2.45) is 0 Å². The molecule has 1 amide bonds. The van der Waals surface area contributed by atoms with E-state index in [1.54, 1.807) is 24.3 Å². The topological polar surface area (TPSA) is 69.7 Å². The zero-order valence-electron chi connectivity index (χ0n) is 18.2. The van der Waals surface area contributed by atoms with E-state index in [9.17, 15) is 13.2 Å². The molecule has 0 aliphatic heterocycles. The van der Waals surface area contributed by atoms with Gasteiger partial charge in [0.15, 0.2) is 0 Å². The van der Waals surface area contributed by atoms with E-state index in [0.717, 1.165) is 42.3 Å². The highest BCUT2D eigenvalue weighted by Crippen LogP contribution is 2.28. The monoisotopic (exact) mass is 439 g/mol. The molecular weight excluding hydrogens is 410 g/mol. The zero-order valence-corrected chi connectivity index (χ0v) is 19.0. The second-order valence-electron chi connectivity index (χ2n) is 7.43. The van der Waals surface area contributed by atoms with Crippen LogP contribution in [0, 0.1) is 0 Å². The third kappa shape index (κ3) is 5.83. The average Bonchev–Trinajstić information content (AvgIpc) is 2.76. The average molecular weight is 440 g/mol. The summed E-state index contributed by atoms with van der Waals surface area (Å²) in [5.41, 5.74) is 1.80. The van der Waals surface area contributed by atoms with E-state index in [4.69, 9.17) is 0 Å². The number of hydrogen-bond acceptors (Lipinski definition) is 4. The number of nitrogens with one attached hydrogen (secondary N) is 1. The van der Waals surface area contributed by atoms with Crippen LogP contribution < -0.4 is 9.62 Å². The van der Waals surface area contributed by atoms with Gasteiger partial charge in [0.05, 0.1) is 11.9 Å². The number of sulfonamides is 1. The molecule has 0 atom stereocenters. The summed E-state index contributed by atoms with van der Waals surface area (Å²) in [4.78, 5) is 17.6. The summed E-state index contributed by atoms with van der Waals surface area (Å²) in [7, 11) is -3.37. The maximum Gasteiger partial charge on any atom is 0.258 e. The normalized spacial score (nSPS) is 11.6. The predicted octanol–water partition coefficient (Wildman–Crippen LogP) is 4.20. The van der Waals surface area contributed by atoms with Crippen LogP contribution in [0.3, 0.4) is 0 Å². The van der Waals surface area contributed by atoms with Crippen LogP contribution in [0.5, 0.6) is 0 Å². The van der Waals surface area contributed by atoms with E-state index in [-0.39, 0.29) is 5.91 Å². The Balaban J connectivity index is 1.96. The lowest BCUT2D eigenvalue weighted by atomic mass is 10.1. The van der Waals surface area contributed by atoms with Gasteiger partial charge in [-0.1, -0.05) is 50.2 Å². The lowest BCUT2D eigenvalue weighted by Crippen LogP contribution is -2.39. The maximum absolute atomic E-state index is 13.5. The molecule has 0 saturated heterocycles. The Morgan fingerprint density at radius 3 is 2.16 bits per heavy atom. The summed E-state index contributed by atoms with van der Waals surface area (Å²) in [6, 6.07) is 20.6. The first-order chi connectivity index (χ1) is 14.8. The van der Waals surface area contributed by atoms with Gasteiger partial charge in [-0.3, -0.25) is 9.52 Å². The Hall–Kier alpha value is -2.90. The molecule has 1 N–H and O–H groups in total. The molecule has 3 aromatic rings. The molecule has 3 rings (SSSR count). The van der Waals surface area contributed by atoms with Gasteiger partial charge in [0, 0.05) is 29.7 Å². The van der Waals surface area contributed by atoms with Gasteiger partial charge in [-0.25, -0.2) is 8.42 Å². The van der Waals surface area contributed by atoms with Crippen molar-refractivity contribution in [2.45, 2.75) is 13.8 Å². The molecule has 0 spiro atoms. The SMILES string of the molecule is CCN(CC)CCN(C(=O)c1ccc(NS(C)(=O)=O)cc1)c1cccc2ccccc12. The molecule has 0 saturated carbocycles. The van der Waals surface area contributed by atoms with Crippen molar-refractivity contribution in [3.05, 3.63) is 72.3 Å². The Labute approximate surface area is 184 Å². The quantitative estimate of drug-likeness (QED) is 0.543. The maximum atomic E-state index is 13.5. The molecule has 164 valence electrons. The number of rotatable bonds is 9. The minimum atomic E-state index is -3.37. The highest BCUT2D eigenvalue weighted by molar-refractivity contribution is 7.92. The van der Waals surface area contributed by atoms with E-state index in [2.05, 4.69) is 23.5 Å². The second-order valence-corrected chi connectivity index (χ2v) is 9.18. The Bertz CT molecular complexity index is 1130. The van der Waals surface area contributed by atoms with E-state index in [0.29, 0.717) is 17.8 Å². The molecule has 0 aromatic heterocycles. The Kier molecular flexibility index (Phi) is 7.30. The number of likely N-dealkylation sites (N-methyl/N-ethyl adjacent to an activating group) is 1. The lowest BCUT2D eigenvalue weighted by Gasteiger charge is -2.28. The van der Waals surface area contributed by atoms with Crippen molar-refractivity contribution >= 4 is 38.1 Å². The summed E-state index contributed by atoms with van der Waals surface area (Å²) in [6.45, 7) is 7.37. The van der Waals surface area contributed by atoms with Gasteiger partial charge in [-0.2, -0.15) is 0 Å². The summed E-state index contributed by atoms with van der Waals surface area (Å²) < 4.78 is 25.3. The molecule has 0 aliphatic rings. The van der Waals surface area contributed by atoms with E-state index >= 15 is 0 Å². The highest BCUT2D eigenvalue weighted by atomic mass is 32.2. The molecule has 0 fully saturated rings. The first-order valence-electron chi connectivity index (χ1n) is 10.4. The summed E-state index contributed by atoms with van der Waals surface area (Å²) in [5, 5.41) is 2.10. The van der Waals surface area contributed by atoms with Gasteiger partial charge in [-0.15, -0.1) is 0 Å². The van der Waals surface area contributed by atoms with E-state index in [1.807, 2.05) is 47.4 Å². The molecular formula is C24H29N3O3S. The van der Waals surface area contributed by atoms with Crippen LogP contribution >= 0.6 is 0 Å². The van der Waals surface area contributed by atoms with Gasteiger partial charge < -0.3 is 9.80 Å². The van der Waals surface area contributed by atoms with Crippen molar-refractivity contribution in [3.63, 3.8) is 0 Å². The molecule has 31 heavy (non-hydrogen) atoms. The number of nitrogens with zero attached hydrogens (tertiary/aromatic N) is 2. The fraction of sp³-hybridized carbons (Fsp3) is 0.292. The largest absolute Gasteiger partial charge is 0.306 e. The van der Waals surface area contributed by atoms with Crippen molar-refractivity contribution < 1.29 is 13.2 Å². The first-order valence-corrected chi connectivity index (χ1v) is 12.3. The predicted molar refractivity (Wildman–Crippen MR) is 128 cm³/mol. The van der Waals surface area contributed by atoms with Crippen LogP contribution in [0.25, 0.3) is 10.8 Å². The molecule has 0 aliphatic carbocycles. The summed E-state index contributed by atoms with van der Waals surface area (Å²) in [5.74, 6) is -0.116. The van der Waals surface area contributed by atoms with Crippen LogP contribution in [0.1, 0.15) is 24.2 Å². The number of carbonyl (C=O) groups is 1. The zero-order chi connectivity index (χ0) is 22.4. The molecule has 0 unspecified atom stereocenters. The standard InChI is InChI=1S/C24H29N3O3S/c1-4-26(5-2)17-18-27(23-12-8-10-19-9-6-7-11-22(19)23)24(28)20-13-15-21(16-14-20)25-31(3,29)30/h6-16,25H,4-5,17-18H2,1-3H3. The lowest BCUT2D eigenvalue weighted by molar-refractivity contribution is 0.0984. The summed E-state index contributed by atoms with van der Waals surface area (Å²) >= 11 is 0. The van der Waals surface area contributed by atoms with Gasteiger partial charge in [0.25, 0.3) is 5.91 Å². The minimum absolute atomic E-state index is 0.116. The van der Waals surface area contributed by atoms with E-state index in [1.165, 1.54) is 0 Å². The van der Waals surface area contributed by atoms with Crippen LogP contribution in [0.15, 0.2) is 66.7 Å². The van der Waals surface area contributed by atoms with Gasteiger partial charge in [0.1, 0.15) is 0 Å². The number of fused-ring (bicyclic) bond motifs is 1. The van der Waals surface area contributed by atoms with Crippen molar-refractivity contribution in [1.29, 1.82) is 0 Å². The van der Waals surface area contributed by atoms with Gasteiger partial charge >= 0.3 is 0 Å². The van der Waals surface area contributed by atoms with Crippen molar-refractivity contribution in [3.8, 4) is 0 Å². The third-order valence-corrected chi connectivity index (χ3v) is 5.88. The van der Waals surface area contributed by atoms with Crippen LogP contribution in [0.4, 0.5) is 11.4 Å². The smallest absolute Gasteiger partial charge is 0.258 e. The molecule has 3 aromatic carbocycles. The Morgan fingerprint density at radius 2 is 1.52 bits per heavy atom. The van der Waals surface area contributed by atoms with Crippen molar-refractivity contribution in [1.82, 2.24) is 4.90 Å². The number of amides is 1. The van der Waals surface area contributed by atoms with Crippen molar-refractivity contribution in [2.75, 3.05) is 42.1 Å². The number of hydrogen-bond donors (Lipinski definition) is 1. The first kappa shape index (κ1) is 22.8. The van der Waals surface area contributed by atoms with E-state index < -0.39 is 10.0 Å². The fourth-order valence-electron chi connectivity index (χ4n) is 3.61. The molecule has 6 nitrogen and oxygen atoms in total. The molecule has 7 heteroatoms. The van der Waals surface area contributed by atoms with Gasteiger partial charge in [0.2, 0.25) is 10.0 Å². The number of anilines is 2. The van der Waals surface area contributed by atoms with Crippen LogP contribution in [0.2, 0.25) is 0 Å². The Morgan fingerprint density at radius 1 is 0.871 bits per heavy atom. The molecule has 0 radical (unpaired) electrons. The summed E-state index contributed by atoms with van der Waals surface area (Å²) in [6.07, 6.45) is 1.10. The molecule has 0 heterocycles. The van der Waals surface area contributed by atoms with Crippen LogP contribution in [-0.2, 0) is 10.0 Å². The van der Waals surface area contributed by atoms with Gasteiger partial charge in [-0.05, 0) is 48.8 Å². The third-order valence-electron chi connectivity index (χ3n) is 5.27. The minimum Gasteiger partial charge on any atom is -0.306 e. The fourth-order valence-corrected chi connectivity index (χ4v) is 4.17. The molecule has 0 bridgehead atoms. The number of carbonyl (C=O) groups excluding carboxylic acids is 1.